The van der Waals surface area contributed by atoms with Gasteiger partial charge in [0.2, 0.25) is 0 Å². The summed E-state index contributed by atoms with van der Waals surface area (Å²) >= 11 is 0. The first kappa shape index (κ1) is 18.8. The maximum atomic E-state index is 12.2. The minimum absolute atomic E-state index is 0.0244. The molecule has 27 heavy (non-hydrogen) atoms. The third kappa shape index (κ3) is 5.52. The molecule has 0 saturated carbocycles. The van der Waals surface area contributed by atoms with Crippen molar-refractivity contribution in [3.63, 3.8) is 0 Å². The normalized spacial score (nSPS) is 11.3. The van der Waals surface area contributed by atoms with Crippen LogP contribution < -0.4 is 5.32 Å². The van der Waals surface area contributed by atoms with Crippen molar-refractivity contribution in [3.8, 4) is 5.69 Å². The van der Waals surface area contributed by atoms with Crippen molar-refractivity contribution in [1.29, 1.82) is 0 Å². The van der Waals surface area contributed by atoms with E-state index in [1.165, 1.54) is 6.26 Å². The van der Waals surface area contributed by atoms with E-state index in [0.717, 1.165) is 17.7 Å². The van der Waals surface area contributed by atoms with Gasteiger partial charge in [-0.2, -0.15) is 5.10 Å². The third-order valence-electron chi connectivity index (χ3n) is 4.05. The highest BCUT2D eigenvalue weighted by Gasteiger charge is 2.08. The van der Waals surface area contributed by atoms with Crippen LogP contribution in [0.1, 0.15) is 21.5 Å². The zero-order valence-electron chi connectivity index (χ0n) is 15.0. The van der Waals surface area contributed by atoms with Gasteiger partial charge in [0.1, 0.15) is 0 Å². The molecular formula is C20H21N3O3S. The Hall–Kier alpha value is -2.93. The van der Waals surface area contributed by atoms with Crippen molar-refractivity contribution in [2.24, 2.45) is 0 Å². The van der Waals surface area contributed by atoms with Crippen LogP contribution in [0.2, 0.25) is 0 Å². The van der Waals surface area contributed by atoms with E-state index in [0.29, 0.717) is 17.7 Å². The average molecular weight is 383 g/mol. The number of sulfone groups is 1. The minimum atomic E-state index is -3.08. The van der Waals surface area contributed by atoms with E-state index in [9.17, 15) is 13.2 Å². The van der Waals surface area contributed by atoms with Gasteiger partial charge in [-0.1, -0.05) is 24.3 Å². The Morgan fingerprint density at radius 2 is 1.70 bits per heavy atom. The molecule has 0 spiro atoms. The van der Waals surface area contributed by atoms with Crippen LogP contribution in [0.4, 0.5) is 0 Å². The zero-order valence-corrected chi connectivity index (χ0v) is 15.8. The summed E-state index contributed by atoms with van der Waals surface area (Å²) in [5.41, 5.74) is 3.30. The fourth-order valence-electron chi connectivity index (χ4n) is 2.71. The van der Waals surface area contributed by atoms with E-state index >= 15 is 0 Å². The molecule has 1 N–H and O–H groups in total. The topological polar surface area (TPSA) is 81.1 Å². The van der Waals surface area contributed by atoms with E-state index in [-0.39, 0.29) is 11.7 Å². The largest absolute Gasteiger partial charge is 0.352 e. The number of nitrogens with zero attached hydrogens (tertiary/aromatic N) is 2. The molecule has 7 heteroatoms. The van der Waals surface area contributed by atoms with E-state index in [2.05, 4.69) is 10.4 Å². The molecular weight excluding hydrogens is 362 g/mol. The number of nitrogens with one attached hydrogen (secondary N) is 1. The number of amides is 1. The molecule has 140 valence electrons. The number of carbonyl (C=O) groups is 1. The molecule has 0 aliphatic rings. The van der Waals surface area contributed by atoms with Gasteiger partial charge in [-0.15, -0.1) is 0 Å². The Morgan fingerprint density at radius 1 is 1.04 bits per heavy atom. The molecule has 0 bridgehead atoms. The van der Waals surface area contributed by atoms with Crippen molar-refractivity contribution in [1.82, 2.24) is 15.1 Å². The van der Waals surface area contributed by atoms with E-state index in [4.69, 9.17) is 0 Å². The van der Waals surface area contributed by atoms with Crippen LogP contribution in [0.5, 0.6) is 0 Å². The van der Waals surface area contributed by atoms with Gasteiger partial charge in [0, 0.05) is 30.8 Å². The second-order valence-corrected chi connectivity index (χ2v) is 8.53. The number of rotatable bonds is 7. The molecule has 0 aliphatic carbocycles. The third-order valence-corrected chi connectivity index (χ3v) is 4.91. The van der Waals surface area contributed by atoms with Gasteiger partial charge in [-0.05, 0) is 47.9 Å². The van der Waals surface area contributed by atoms with Crippen molar-refractivity contribution in [2.45, 2.75) is 12.2 Å². The minimum Gasteiger partial charge on any atom is -0.352 e. The number of benzene rings is 2. The maximum Gasteiger partial charge on any atom is 0.251 e. The van der Waals surface area contributed by atoms with Crippen LogP contribution in [0.15, 0.2) is 67.0 Å². The number of aromatic nitrogens is 2. The predicted molar refractivity (Wildman–Crippen MR) is 105 cm³/mol. The van der Waals surface area contributed by atoms with E-state index in [1.54, 1.807) is 35.1 Å². The summed E-state index contributed by atoms with van der Waals surface area (Å²) in [6.45, 7) is 0.519. The first-order valence-electron chi connectivity index (χ1n) is 8.54. The van der Waals surface area contributed by atoms with E-state index in [1.807, 2.05) is 36.5 Å². The molecule has 6 nitrogen and oxygen atoms in total. The van der Waals surface area contributed by atoms with Crippen molar-refractivity contribution >= 4 is 15.7 Å². The van der Waals surface area contributed by atoms with Gasteiger partial charge in [-0.3, -0.25) is 4.79 Å². The fraction of sp³-hybridized carbons (Fsp3) is 0.200. The number of hydrogen-bond acceptors (Lipinski definition) is 4. The van der Waals surface area contributed by atoms with Gasteiger partial charge < -0.3 is 5.32 Å². The van der Waals surface area contributed by atoms with Crippen LogP contribution in [0.25, 0.3) is 5.69 Å². The summed E-state index contributed by atoms with van der Waals surface area (Å²) < 4.78 is 24.4. The van der Waals surface area contributed by atoms with Gasteiger partial charge in [0.15, 0.2) is 9.84 Å². The van der Waals surface area contributed by atoms with Crippen LogP contribution in [-0.2, 0) is 22.0 Å². The van der Waals surface area contributed by atoms with Gasteiger partial charge in [0.25, 0.3) is 5.91 Å². The summed E-state index contributed by atoms with van der Waals surface area (Å²) in [7, 11) is -3.08. The Kier molecular flexibility index (Phi) is 5.71. The number of carbonyl (C=O) groups excluding carboxylic acids is 1. The lowest BCUT2D eigenvalue weighted by Gasteiger charge is -2.07. The second kappa shape index (κ2) is 8.18. The van der Waals surface area contributed by atoms with E-state index < -0.39 is 9.84 Å². The summed E-state index contributed by atoms with van der Waals surface area (Å²) in [4.78, 5) is 12.2. The highest BCUT2D eigenvalue weighted by molar-refractivity contribution is 7.89. The lowest BCUT2D eigenvalue weighted by atomic mass is 10.1. The molecule has 3 aromatic rings. The van der Waals surface area contributed by atoms with Crippen molar-refractivity contribution in [3.05, 3.63) is 83.7 Å². The molecule has 1 heterocycles. The Morgan fingerprint density at radius 3 is 2.30 bits per heavy atom. The average Bonchev–Trinajstić information content (AvgIpc) is 3.16. The molecule has 0 unspecified atom stereocenters. The van der Waals surface area contributed by atoms with Gasteiger partial charge in [0.05, 0.1) is 11.4 Å². The van der Waals surface area contributed by atoms with Crippen LogP contribution >= 0.6 is 0 Å². The number of hydrogen-bond donors (Lipinski definition) is 1. The Balaban J connectivity index is 1.50. The highest BCUT2D eigenvalue weighted by atomic mass is 32.2. The van der Waals surface area contributed by atoms with Crippen molar-refractivity contribution < 1.29 is 13.2 Å². The first-order chi connectivity index (χ1) is 12.9. The predicted octanol–water partition coefficient (Wildman–Crippen LogP) is 2.39. The first-order valence-corrected chi connectivity index (χ1v) is 10.6. The highest BCUT2D eigenvalue weighted by Crippen LogP contribution is 2.10. The van der Waals surface area contributed by atoms with Gasteiger partial charge >= 0.3 is 0 Å². The quantitative estimate of drug-likeness (QED) is 0.679. The second-order valence-electron chi connectivity index (χ2n) is 6.39. The summed E-state index contributed by atoms with van der Waals surface area (Å²) in [6, 6.07) is 16.5. The molecule has 0 saturated heterocycles. The lowest BCUT2D eigenvalue weighted by molar-refractivity contribution is 0.0954. The monoisotopic (exact) mass is 383 g/mol. The maximum absolute atomic E-state index is 12.2. The molecule has 0 radical (unpaired) electrons. The van der Waals surface area contributed by atoms with Crippen LogP contribution in [0.3, 0.4) is 0 Å². The van der Waals surface area contributed by atoms with Gasteiger partial charge in [-0.25, -0.2) is 13.1 Å². The van der Waals surface area contributed by atoms with Crippen LogP contribution in [0, 0.1) is 0 Å². The lowest BCUT2D eigenvalue weighted by Crippen LogP contribution is -2.25. The molecule has 0 fully saturated rings. The summed E-state index contributed by atoms with van der Waals surface area (Å²) in [6.07, 6.45) is 5.53. The Bertz CT molecular complexity index is 994. The molecule has 1 amide bonds. The molecule has 0 atom stereocenters. The SMILES string of the molecule is CS(=O)(=O)Cc1ccc(C(=O)NCCc2ccc(-n3cccn3)cc2)cc1. The zero-order chi connectivity index (χ0) is 19.3. The standard InChI is InChI=1S/C20H21N3O3S/c1-27(25,26)15-17-3-7-18(8-4-17)20(24)21-13-11-16-5-9-19(10-6-16)23-14-2-12-22-23/h2-10,12,14H,11,13,15H2,1H3,(H,21,24). The summed E-state index contributed by atoms with van der Waals surface area (Å²) in [5, 5.41) is 7.07. The summed E-state index contributed by atoms with van der Waals surface area (Å²) in [5.74, 6) is -0.197. The van der Waals surface area contributed by atoms with Crippen molar-refractivity contribution in [2.75, 3.05) is 12.8 Å². The fourth-order valence-corrected chi connectivity index (χ4v) is 3.51. The Labute approximate surface area is 158 Å². The molecule has 2 aromatic carbocycles. The molecule has 3 rings (SSSR count). The molecule has 0 aliphatic heterocycles. The van der Waals surface area contributed by atoms with Crippen LogP contribution in [-0.4, -0.2) is 36.9 Å². The smallest absolute Gasteiger partial charge is 0.251 e. The molecule has 1 aromatic heterocycles.